The van der Waals surface area contributed by atoms with Gasteiger partial charge in [-0.2, -0.15) is 13.2 Å². The van der Waals surface area contributed by atoms with Crippen molar-refractivity contribution in [3.05, 3.63) is 0 Å². The van der Waals surface area contributed by atoms with Crippen LogP contribution in [0, 0.1) is 5.92 Å². The molecule has 2 fully saturated rings. The standard InChI is InChI=1S/C14H24F3N3O/c1-11-8-18(10-14(15,16)17)9-13(11)20-5-3-4-19(6-7-20)12(2)21/h11,13H,3-10H2,1-2H3/t11-,13-/m1/s1. The summed E-state index contributed by atoms with van der Waals surface area (Å²) < 4.78 is 37.5. The van der Waals surface area contributed by atoms with Crippen LogP contribution in [0.1, 0.15) is 20.3 Å². The SMILES string of the molecule is CC(=O)N1CCCN([C@@H]2CN(CC(F)(F)F)C[C@H]2C)CC1. The van der Waals surface area contributed by atoms with E-state index in [2.05, 4.69) is 4.90 Å². The Hall–Kier alpha value is -0.820. The zero-order valence-electron chi connectivity index (χ0n) is 12.7. The molecule has 2 aliphatic rings. The van der Waals surface area contributed by atoms with Gasteiger partial charge in [0.1, 0.15) is 0 Å². The van der Waals surface area contributed by atoms with Crippen LogP contribution in [0.3, 0.4) is 0 Å². The Bertz CT molecular complexity index is 375. The maximum atomic E-state index is 12.5. The number of hydrogen-bond acceptors (Lipinski definition) is 3. The molecule has 0 spiro atoms. The van der Waals surface area contributed by atoms with Crippen molar-refractivity contribution in [2.45, 2.75) is 32.5 Å². The first kappa shape index (κ1) is 16.5. The smallest absolute Gasteiger partial charge is 0.342 e. The molecule has 0 unspecified atom stereocenters. The summed E-state index contributed by atoms with van der Waals surface area (Å²) in [5.41, 5.74) is 0. The van der Waals surface area contributed by atoms with Gasteiger partial charge in [-0.25, -0.2) is 0 Å². The predicted octanol–water partition coefficient (Wildman–Crippen LogP) is 1.42. The summed E-state index contributed by atoms with van der Waals surface area (Å²) in [6.45, 7) is 6.79. The number of amides is 1. The van der Waals surface area contributed by atoms with Crippen LogP contribution < -0.4 is 0 Å². The van der Waals surface area contributed by atoms with E-state index in [1.165, 1.54) is 4.90 Å². The van der Waals surface area contributed by atoms with Crippen molar-refractivity contribution in [2.75, 3.05) is 45.8 Å². The van der Waals surface area contributed by atoms with Crippen molar-refractivity contribution in [3.8, 4) is 0 Å². The summed E-state index contributed by atoms with van der Waals surface area (Å²) in [4.78, 5) is 17.0. The minimum atomic E-state index is -4.13. The lowest BCUT2D eigenvalue weighted by molar-refractivity contribution is -0.144. The van der Waals surface area contributed by atoms with Gasteiger partial charge in [0.25, 0.3) is 0 Å². The lowest BCUT2D eigenvalue weighted by atomic mass is 10.0. The van der Waals surface area contributed by atoms with Gasteiger partial charge >= 0.3 is 6.18 Å². The van der Waals surface area contributed by atoms with E-state index >= 15 is 0 Å². The Balaban J connectivity index is 1.91. The number of nitrogens with zero attached hydrogens (tertiary/aromatic N) is 3. The number of carbonyl (C=O) groups excluding carboxylic acids is 1. The molecule has 4 nitrogen and oxygen atoms in total. The first-order valence-corrected chi connectivity index (χ1v) is 7.55. The van der Waals surface area contributed by atoms with Gasteiger partial charge < -0.3 is 4.90 Å². The van der Waals surface area contributed by atoms with Crippen LogP contribution in [0.4, 0.5) is 13.2 Å². The third-order valence-corrected chi connectivity index (χ3v) is 4.50. The molecule has 2 rings (SSSR count). The highest BCUT2D eigenvalue weighted by Gasteiger charge is 2.39. The van der Waals surface area contributed by atoms with Crippen molar-refractivity contribution in [2.24, 2.45) is 5.92 Å². The fourth-order valence-electron chi connectivity index (χ4n) is 3.49. The molecule has 21 heavy (non-hydrogen) atoms. The second-order valence-electron chi connectivity index (χ2n) is 6.25. The van der Waals surface area contributed by atoms with Crippen LogP contribution in [-0.2, 0) is 4.79 Å². The lowest BCUT2D eigenvalue weighted by Crippen LogP contribution is -2.43. The molecule has 2 aliphatic heterocycles. The second kappa shape index (κ2) is 6.52. The van der Waals surface area contributed by atoms with Crippen LogP contribution in [0.25, 0.3) is 0 Å². The van der Waals surface area contributed by atoms with E-state index in [-0.39, 0.29) is 17.9 Å². The Morgan fingerprint density at radius 2 is 1.86 bits per heavy atom. The van der Waals surface area contributed by atoms with E-state index < -0.39 is 12.7 Å². The number of carbonyl (C=O) groups is 1. The Labute approximate surface area is 123 Å². The molecule has 0 aromatic heterocycles. The summed E-state index contributed by atoms with van der Waals surface area (Å²) >= 11 is 0. The highest BCUT2D eigenvalue weighted by molar-refractivity contribution is 5.73. The summed E-state index contributed by atoms with van der Waals surface area (Å²) in [6.07, 6.45) is -3.24. The van der Waals surface area contributed by atoms with Crippen LogP contribution >= 0.6 is 0 Å². The monoisotopic (exact) mass is 307 g/mol. The van der Waals surface area contributed by atoms with Gasteiger partial charge in [-0.15, -0.1) is 0 Å². The summed E-state index contributed by atoms with van der Waals surface area (Å²) in [7, 11) is 0. The van der Waals surface area contributed by atoms with Crippen molar-refractivity contribution >= 4 is 5.91 Å². The molecule has 122 valence electrons. The predicted molar refractivity (Wildman–Crippen MR) is 73.9 cm³/mol. The molecule has 0 aromatic rings. The van der Waals surface area contributed by atoms with Gasteiger partial charge in [0, 0.05) is 52.2 Å². The van der Waals surface area contributed by atoms with Gasteiger partial charge in [-0.05, 0) is 12.3 Å². The van der Waals surface area contributed by atoms with Gasteiger partial charge in [-0.3, -0.25) is 14.6 Å². The van der Waals surface area contributed by atoms with Crippen LogP contribution in [0.2, 0.25) is 0 Å². The molecule has 0 aromatic carbocycles. The lowest BCUT2D eigenvalue weighted by Gasteiger charge is -2.30. The molecular formula is C14H24F3N3O. The van der Waals surface area contributed by atoms with E-state index in [1.54, 1.807) is 6.92 Å². The molecule has 0 saturated carbocycles. The largest absolute Gasteiger partial charge is 0.401 e. The molecule has 2 heterocycles. The Morgan fingerprint density at radius 3 is 2.48 bits per heavy atom. The highest BCUT2D eigenvalue weighted by atomic mass is 19.4. The average molecular weight is 307 g/mol. The first-order chi connectivity index (χ1) is 9.76. The molecule has 0 bridgehead atoms. The summed E-state index contributed by atoms with van der Waals surface area (Å²) in [6, 6.07) is 0.166. The fraction of sp³-hybridized carbons (Fsp3) is 0.929. The third kappa shape index (κ3) is 4.57. The minimum Gasteiger partial charge on any atom is -0.342 e. The molecular weight excluding hydrogens is 283 g/mol. The average Bonchev–Trinajstić information content (AvgIpc) is 2.59. The van der Waals surface area contributed by atoms with Crippen molar-refractivity contribution in [1.82, 2.24) is 14.7 Å². The highest BCUT2D eigenvalue weighted by Crippen LogP contribution is 2.26. The number of alkyl halides is 3. The second-order valence-corrected chi connectivity index (χ2v) is 6.25. The first-order valence-electron chi connectivity index (χ1n) is 7.55. The molecule has 1 amide bonds. The normalized spacial score (nSPS) is 29.7. The van der Waals surface area contributed by atoms with Crippen LogP contribution in [0.5, 0.6) is 0 Å². The van der Waals surface area contributed by atoms with Gasteiger partial charge in [0.05, 0.1) is 6.54 Å². The van der Waals surface area contributed by atoms with Gasteiger partial charge in [-0.1, -0.05) is 6.92 Å². The van der Waals surface area contributed by atoms with E-state index in [9.17, 15) is 18.0 Å². The maximum absolute atomic E-state index is 12.5. The zero-order chi connectivity index (χ0) is 15.6. The van der Waals surface area contributed by atoms with E-state index in [0.717, 1.165) is 26.1 Å². The van der Waals surface area contributed by atoms with Gasteiger partial charge in [0.15, 0.2) is 0 Å². The minimum absolute atomic E-state index is 0.0787. The number of likely N-dealkylation sites (tertiary alicyclic amines) is 1. The van der Waals surface area contributed by atoms with E-state index in [0.29, 0.717) is 19.6 Å². The molecule has 2 saturated heterocycles. The van der Waals surface area contributed by atoms with Crippen LogP contribution in [0.15, 0.2) is 0 Å². The Kier molecular flexibility index (Phi) is 5.14. The zero-order valence-corrected chi connectivity index (χ0v) is 12.7. The topological polar surface area (TPSA) is 26.8 Å². The van der Waals surface area contributed by atoms with E-state index in [4.69, 9.17) is 0 Å². The summed E-state index contributed by atoms with van der Waals surface area (Å²) in [5, 5.41) is 0. The molecule has 2 atom stereocenters. The molecule has 7 heteroatoms. The fourth-order valence-corrected chi connectivity index (χ4v) is 3.49. The van der Waals surface area contributed by atoms with Crippen molar-refractivity contribution < 1.29 is 18.0 Å². The van der Waals surface area contributed by atoms with Crippen molar-refractivity contribution in [1.29, 1.82) is 0 Å². The summed E-state index contributed by atoms with van der Waals surface area (Å²) in [5.74, 6) is 0.311. The molecule has 0 N–H and O–H groups in total. The number of hydrogen-bond donors (Lipinski definition) is 0. The number of rotatable bonds is 2. The van der Waals surface area contributed by atoms with Crippen LogP contribution in [-0.4, -0.2) is 78.6 Å². The van der Waals surface area contributed by atoms with E-state index in [1.807, 2.05) is 11.8 Å². The molecule has 0 aliphatic carbocycles. The third-order valence-electron chi connectivity index (χ3n) is 4.50. The quantitative estimate of drug-likeness (QED) is 0.772. The maximum Gasteiger partial charge on any atom is 0.401 e. The molecule has 0 radical (unpaired) electrons. The number of halogens is 3. The Morgan fingerprint density at radius 1 is 1.14 bits per heavy atom. The van der Waals surface area contributed by atoms with Crippen molar-refractivity contribution in [3.63, 3.8) is 0 Å². The van der Waals surface area contributed by atoms with Gasteiger partial charge in [0.2, 0.25) is 5.91 Å².